The molecule has 2 rings (SSSR count). The van der Waals surface area contributed by atoms with Crippen LogP contribution in [-0.2, 0) is 16.4 Å². The lowest BCUT2D eigenvalue weighted by Gasteiger charge is -2.17. The molecule has 4 nitrogen and oxygen atoms in total. The Balaban J connectivity index is 2.24. The monoisotopic (exact) mass is 283 g/mol. The first-order valence-electron chi connectivity index (χ1n) is 6.68. The molecule has 1 aliphatic rings. The van der Waals surface area contributed by atoms with Crippen molar-refractivity contribution in [3.8, 4) is 0 Å². The molecule has 0 aliphatic heterocycles. The van der Waals surface area contributed by atoms with E-state index < -0.39 is 16.1 Å². The maximum atomic E-state index is 12.3. The Kier molecular flexibility index (Phi) is 4.28. The predicted molar refractivity (Wildman–Crippen MR) is 74.3 cm³/mol. The molecule has 19 heavy (non-hydrogen) atoms. The molecule has 0 radical (unpaired) electrons. The van der Waals surface area contributed by atoms with E-state index in [1.807, 2.05) is 13.8 Å². The van der Waals surface area contributed by atoms with Gasteiger partial charge in [0.2, 0.25) is 10.0 Å². The number of nitrogens with one attached hydrogen (secondary N) is 1. The Morgan fingerprint density at radius 1 is 1.32 bits per heavy atom. The standard InChI is InChI=1S/C14H21NO3S/c1-10(2)13(16)9-11-5-3-4-6-14(11)19(17,18)15-12-7-8-12/h3-6,10,12-13,15-16H,7-9H2,1-2H3. The van der Waals surface area contributed by atoms with Crippen LogP contribution >= 0.6 is 0 Å². The molecule has 0 bridgehead atoms. The van der Waals surface area contributed by atoms with Gasteiger partial charge in [-0.15, -0.1) is 0 Å². The number of aliphatic hydroxyl groups excluding tert-OH is 1. The van der Waals surface area contributed by atoms with Crippen LogP contribution in [0.25, 0.3) is 0 Å². The van der Waals surface area contributed by atoms with Crippen LogP contribution in [0.1, 0.15) is 32.3 Å². The fourth-order valence-corrected chi connectivity index (χ4v) is 3.44. The minimum atomic E-state index is -3.46. The van der Waals surface area contributed by atoms with Crippen LogP contribution < -0.4 is 4.72 Å². The normalized spacial score (nSPS) is 17.7. The van der Waals surface area contributed by atoms with E-state index in [-0.39, 0.29) is 12.0 Å². The van der Waals surface area contributed by atoms with Gasteiger partial charge in [-0.05, 0) is 36.8 Å². The predicted octanol–water partition coefficient (Wildman–Crippen LogP) is 1.69. The van der Waals surface area contributed by atoms with Crippen LogP contribution in [-0.4, -0.2) is 25.7 Å². The molecule has 106 valence electrons. The van der Waals surface area contributed by atoms with Crippen molar-refractivity contribution in [2.24, 2.45) is 5.92 Å². The SMILES string of the molecule is CC(C)C(O)Cc1ccccc1S(=O)(=O)NC1CC1. The molecular weight excluding hydrogens is 262 g/mol. The van der Waals surface area contributed by atoms with E-state index >= 15 is 0 Å². The zero-order valence-electron chi connectivity index (χ0n) is 11.3. The van der Waals surface area contributed by atoms with Crippen molar-refractivity contribution in [1.82, 2.24) is 4.72 Å². The molecule has 1 aromatic rings. The van der Waals surface area contributed by atoms with E-state index in [2.05, 4.69) is 4.72 Å². The molecule has 0 spiro atoms. The number of hydrogen-bond donors (Lipinski definition) is 2. The molecule has 2 N–H and O–H groups in total. The lowest BCUT2D eigenvalue weighted by molar-refractivity contribution is 0.125. The van der Waals surface area contributed by atoms with Gasteiger partial charge in [-0.1, -0.05) is 32.0 Å². The van der Waals surface area contributed by atoms with Gasteiger partial charge in [-0.2, -0.15) is 0 Å². The summed E-state index contributed by atoms with van der Waals surface area (Å²) >= 11 is 0. The second kappa shape index (κ2) is 5.61. The number of benzene rings is 1. The van der Waals surface area contributed by atoms with Crippen LogP contribution in [0, 0.1) is 5.92 Å². The summed E-state index contributed by atoms with van der Waals surface area (Å²) < 4.78 is 27.2. The van der Waals surface area contributed by atoms with Crippen molar-refractivity contribution in [3.63, 3.8) is 0 Å². The summed E-state index contributed by atoms with van der Waals surface area (Å²) in [5.41, 5.74) is 0.678. The van der Waals surface area contributed by atoms with Gasteiger partial charge in [0.25, 0.3) is 0 Å². The van der Waals surface area contributed by atoms with E-state index in [4.69, 9.17) is 0 Å². The van der Waals surface area contributed by atoms with E-state index in [1.54, 1.807) is 24.3 Å². The van der Waals surface area contributed by atoms with E-state index in [1.165, 1.54) is 0 Å². The first-order valence-corrected chi connectivity index (χ1v) is 8.17. The Labute approximate surface area is 114 Å². The molecule has 0 heterocycles. The highest BCUT2D eigenvalue weighted by atomic mass is 32.2. The van der Waals surface area contributed by atoms with Gasteiger partial charge in [0.05, 0.1) is 11.0 Å². The third-order valence-corrected chi connectivity index (χ3v) is 4.98. The highest BCUT2D eigenvalue weighted by Crippen LogP contribution is 2.24. The van der Waals surface area contributed by atoms with Crippen molar-refractivity contribution in [1.29, 1.82) is 0 Å². The summed E-state index contributed by atoms with van der Waals surface area (Å²) in [7, 11) is -3.46. The average molecular weight is 283 g/mol. The van der Waals surface area contributed by atoms with E-state index in [0.717, 1.165) is 12.8 Å². The van der Waals surface area contributed by atoms with Crippen LogP contribution in [0.3, 0.4) is 0 Å². The fraction of sp³-hybridized carbons (Fsp3) is 0.571. The van der Waals surface area contributed by atoms with Crippen molar-refractivity contribution < 1.29 is 13.5 Å². The average Bonchev–Trinajstić information content (AvgIpc) is 3.12. The number of rotatable bonds is 6. The Hall–Kier alpha value is -0.910. The maximum absolute atomic E-state index is 12.3. The Bertz CT molecular complexity index is 535. The molecule has 1 atom stereocenters. The lowest BCUT2D eigenvalue weighted by Crippen LogP contribution is -2.27. The second-order valence-corrected chi connectivity index (χ2v) is 7.20. The summed E-state index contributed by atoms with van der Waals surface area (Å²) in [4.78, 5) is 0.293. The largest absolute Gasteiger partial charge is 0.393 e. The van der Waals surface area contributed by atoms with Crippen LogP contribution in [0.2, 0.25) is 0 Å². The van der Waals surface area contributed by atoms with Crippen molar-refractivity contribution in [2.75, 3.05) is 0 Å². The van der Waals surface area contributed by atoms with Gasteiger partial charge < -0.3 is 5.11 Å². The number of sulfonamides is 1. The van der Waals surface area contributed by atoms with Crippen molar-refractivity contribution in [2.45, 2.75) is 50.2 Å². The maximum Gasteiger partial charge on any atom is 0.241 e. The number of hydrogen-bond acceptors (Lipinski definition) is 3. The molecule has 1 aliphatic carbocycles. The minimum absolute atomic E-state index is 0.0908. The third kappa shape index (κ3) is 3.78. The van der Waals surface area contributed by atoms with Crippen LogP contribution in [0.4, 0.5) is 0 Å². The second-order valence-electron chi connectivity index (χ2n) is 5.52. The molecule has 0 saturated heterocycles. The lowest BCUT2D eigenvalue weighted by atomic mass is 9.99. The molecule has 1 fully saturated rings. The molecule has 1 saturated carbocycles. The summed E-state index contributed by atoms with van der Waals surface area (Å²) in [6.07, 6.45) is 1.66. The van der Waals surface area contributed by atoms with Crippen molar-refractivity contribution >= 4 is 10.0 Å². The highest BCUT2D eigenvalue weighted by molar-refractivity contribution is 7.89. The van der Waals surface area contributed by atoms with E-state index in [9.17, 15) is 13.5 Å². The van der Waals surface area contributed by atoms with E-state index in [0.29, 0.717) is 16.9 Å². The van der Waals surface area contributed by atoms with Gasteiger partial charge >= 0.3 is 0 Å². The summed E-state index contributed by atoms with van der Waals surface area (Å²) in [6, 6.07) is 6.99. The molecule has 5 heteroatoms. The molecular formula is C14H21NO3S. The number of aliphatic hydroxyl groups is 1. The quantitative estimate of drug-likeness (QED) is 0.835. The summed E-state index contributed by atoms with van der Waals surface area (Å²) in [6.45, 7) is 3.84. The molecule has 1 unspecified atom stereocenters. The molecule has 1 aromatic carbocycles. The Morgan fingerprint density at radius 3 is 2.53 bits per heavy atom. The fourth-order valence-electron chi connectivity index (χ4n) is 1.88. The third-order valence-electron chi connectivity index (χ3n) is 3.36. The van der Waals surface area contributed by atoms with Gasteiger partial charge in [0.15, 0.2) is 0 Å². The van der Waals surface area contributed by atoms with Gasteiger partial charge in [-0.25, -0.2) is 13.1 Å². The zero-order valence-corrected chi connectivity index (χ0v) is 12.2. The highest BCUT2D eigenvalue weighted by Gasteiger charge is 2.29. The topological polar surface area (TPSA) is 66.4 Å². The van der Waals surface area contributed by atoms with Gasteiger partial charge in [-0.3, -0.25) is 0 Å². The first kappa shape index (κ1) is 14.5. The smallest absolute Gasteiger partial charge is 0.241 e. The zero-order chi connectivity index (χ0) is 14.0. The van der Waals surface area contributed by atoms with Gasteiger partial charge in [0, 0.05) is 6.04 Å². The molecule has 0 aromatic heterocycles. The van der Waals surface area contributed by atoms with Crippen molar-refractivity contribution in [3.05, 3.63) is 29.8 Å². The van der Waals surface area contributed by atoms with Crippen LogP contribution in [0.5, 0.6) is 0 Å². The van der Waals surface area contributed by atoms with Crippen LogP contribution in [0.15, 0.2) is 29.2 Å². The minimum Gasteiger partial charge on any atom is -0.393 e. The Morgan fingerprint density at radius 2 is 1.95 bits per heavy atom. The molecule has 0 amide bonds. The summed E-state index contributed by atoms with van der Waals surface area (Å²) in [5, 5.41) is 9.95. The summed E-state index contributed by atoms with van der Waals surface area (Å²) in [5.74, 6) is 0.104. The van der Waals surface area contributed by atoms with Gasteiger partial charge in [0.1, 0.15) is 0 Å². The first-order chi connectivity index (χ1) is 8.90.